The van der Waals surface area contributed by atoms with Gasteiger partial charge in [0, 0.05) is 31.9 Å². The molecule has 1 amide bonds. The average Bonchev–Trinajstić information content (AvgIpc) is 3.07. The highest BCUT2D eigenvalue weighted by Crippen LogP contribution is 2.33. The van der Waals surface area contributed by atoms with E-state index in [-0.39, 0.29) is 5.91 Å². The van der Waals surface area contributed by atoms with Gasteiger partial charge in [0.2, 0.25) is 0 Å². The first kappa shape index (κ1) is 14.6. The number of H-pyrrole nitrogens is 1. The highest BCUT2D eigenvalue weighted by atomic mass is 32.1. The fraction of sp³-hybridized carbons (Fsp3) is 0.250. The number of hydrogen-bond acceptors (Lipinski definition) is 4. The molecule has 3 aromatic rings. The molecule has 2 N–H and O–H groups in total. The van der Waals surface area contributed by atoms with Crippen molar-refractivity contribution < 1.29 is 4.79 Å². The van der Waals surface area contributed by atoms with E-state index in [4.69, 9.17) is 0 Å². The molecule has 0 atom stereocenters. The fourth-order valence-corrected chi connectivity index (χ4v) is 3.33. The van der Waals surface area contributed by atoms with Gasteiger partial charge in [-0.2, -0.15) is 5.10 Å². The molecule has 0 saturated carbocycles. The van der Waals surface area contributed by atoms with Crippen molar-refractivity contribution in [1.82, 2.24) is 15.5 Å². The normalized spacial score (nSPS) is 10.9. The second kappa shape index (κ2) is 5.81. The van der Waals surface area contributed by atoms with Crippen LogP contribution in [0, 0.1) is 0 Å². The molecule has 0 aliphatic rings. The van der Waals surface area contributed by atoms with Gasteiger partial charge >= 0.3 is 0 Å². The maximum atomic E-state index is 11.9. The van der Waals surface area contributed by atoms with Crippen LogP contribution >= 0.6 is 11.3 Å². The van der Waals surface area contributed by atoms with Crippen LogP contribution in [0.1, 0.15) is 16.6 Å². The van der Waals surface area contributed by atoms with Gasteiger partial charge in [-0.1, -0.05) is 12.1 Å². The molecular formula is C16H18N4OS. The molecule has 0 fully saturated rings. The smallest absolute Gasteiger partial charge is 0.261 e. The number of carbonyl (C=O) groups excluding carboxylic acids is 1. The number of aromatic amines is 1. The summed E-state index contributed by atoms with van der Waals surface area (Å²) in [5.74, 6) is -0.0361. The lowest BCUT2D eigenvalue weighted by atomic mass is 10.1. The Bertz CT molecular complexity index is 801. The summed E-state index contributed by atoms with van der Waals surface area (Å²) in [5.41, 5.74) is 3.98. The maximum Gasteiger partial charge on any atom is 0.261 e. The third-order valence-electron chi connectivity index (χ3n) is 3.45. The van der Waals surface area contributed by atoms with Gasteiger partial charge in [-0.3, -0.25) is 9.89 Å². The lowest BCUT2D eigenvalue weighted by Crippen LogP contribution is -2.21. The number of anilines is 1. The highest BCUT2D eigenvalue weighted by molar-refractivity contribution is 7.21. The van der Waals surface area contributed by atoms with Gasteiger partial charge in [-0.05, 0) is 25.1 Å². The highest BCUT2D eigenvalue weighted by Gasteiger charge is 2.15. The van der Waals surface area contributed by atoms with E-state index >= 15 is 0 Å². The Hall–Kier alpha value is -2.34. The zero-order valence-corrected chi connectivity index (χ0v) is 13.6. The Balaban J connectivity index is 1.98. The molecule has 114 valence electrons. The summed E-state index contributed by atoms with van der Waals surface area (Å²) in [4.78, 5) is 14.7. The standard InChI is InChI=1S/C16H18N4OS/c1-4-17-16(21)13-9-12-15(22-13)14(19-18-12)10-5-7-11(8-6-10)20(2)3/h5-9H,4H2,1-3H3,(H,17,21)(H,18,19). The average molecular weight is 314 g/mol. The van der Waals surface area contributed by atoms with Crippen molar-refractivity contribution in [3.8, 4) is 11.3 Å². The van der Waals surface area contributed by atoms with Gasteiger partial charge < -0.3 is 10.2 Å². The molecule has 0 bridgehead atoms. The van der Waals surface area contributed by atoms with Crippen LogP contribution in [0.2, 0.25) is 0 Å². The maximum absolute atomic E-state index is 11.9. The molecule has 22 heavy (non-hydrogen) atoms. The van der Waals surface area contributed by atoms with Crippen molar-refractivity contribution in [2.75, 3.05) is 25.5 Å². The predicted octanol–water partition coefficient (Wildman–Crippen LogP) is 3.11. The van der Waals surface area contributed by atoms with Gasteiger partial charge in [-0.25, -0.2) is 0 Å². The number of rotatable bonds is 4. The topological polar surface area (TPSA) is 61.0 Å². The van der Waals surface area contributed by atoms with Gasteiger partial charge in [-0.15, -0.1) is 11.3 Å². The van der Waals surface area contributed by atoms with E-state index in [1.165, 1.54) is 11.3 Å². The van der Waals surface area contributed by atoms with Crippen LogP contribution in [-0.2, 0) is 0 Å². The van der Waals surface area contributed by atoms with Crippen molar-refractivity contribution in [2.24, 2.45) is 0 Å². The zero-order valence-electron chi connectivity index (χ0n) is 12.8. The van der Waals surface area contributed by atoms with Crippen LogP contribution in [0.3, 0.4) is 0 Å². The summed E-state index contributed by atoms with van der Waals surface area (Å²) in [5, 5.41) is 10.2. The minimum Gasteiger partial charge on any atom is -0.378 e. The molecule has 0 aliphatic heterocycles. The molecule has 0 radical (unpaired) electrons. The Labute approximate surface area is 133 Å². The van der Waals surface area contributed by atoms with Crippen molar-refractivity contribution >= 4 is 33.1 Å². The van der Waals surface area contributed by atoms with Crippen molar-refractivity contribution in [2.45, 2.75) is 6.92 Å². The van der Waals surface area contributed by atoms with Crippen molar-refractivity contribution in [1.29, 1.82) is 0 Å². The molecule has 0 aliphatic carbocycles. The quantitative estimate of drug-likeness (QED) is 0.778. The van der Waals surface area contributed by atoms with Crippen molar-refractivity contribution in [3.05, 3.63) is 35.2 Å². The first-order valence-electron chi connectivity index (χ1n) is 7.14. The Kier molecular flexibility index (Phi) is 3.85. The molecule has 2 heterocycles. The van der Waals surface area contributed by atoms with Gasteiger partial charge in [0.25, 0.3) is 5.91 Å². The number of benzene rings is 1. The molecular weight excluding hydrogens is 296 g/mol. The monoisotopic (exact) mass is 314 g/mol. The van der Waals surface area contributed by atoms with Crippen molar-refractivity contribution in [3.63, 3.8) is 0 Å². The molecule has 6 heteroatoms. The fourth-order valence-electron chi connectivity index (χ4n) is 2.29. The second-order valence-corrected chi connectivity index (χ2v) is 6.28. The molecule has 2 aromatic heterocycles. The van der Waals surface area contributed by atoms with Crippen LogP contribution in [0.4, 0.5) is 5.69 Å². The van der Waals surface area contributed by atoms with E-state index in [1.54, 1.807) is 0 Å². The van der Waals surface area contributed by atoms with E-state index in [2.05, 4.69) is 44.7 Å². The first-order chi connectivity index (χ1) is 10.6. The predicted molar refractivity (Wildman–Crippen MR) is 91.7 cm³/mol. The third kappa shape index (κ3) is 2.57. The Morgan fingerprint density at radius 2 is 2.05 bits per heavy atom. The van der Waals surface area contributed by atoms with E-state index < -0.39 is 0 Å². The largest absolute Gasteiger partial charge is 0.378 e. The SMILES string of the molecule is CCNC(=O)c1cc2[nH]nc(-c3ccc(N(C)C)cc3)c2s1. The molecule has 5 nitrogen and oxygen atoms in total. The molecule has 0 spiro atoms. The van der Waals surface area contributed by atoms with Gasteiger partial charge in [0.1, 0.15) is 5.69 Å². The summed E-state index contributed by atoms with van der Waals surface area (Å²) < 4.78 is 1.01. The van der Waals surface area contributed by atoms with E-state index in [1.807, 2.05) is 27.1 Å². The number of amides is 1. The summed E-state index contributed by atoms with van der Waals surface area (Å²) in [7, 11) is 4.03. The number of nitrogens with one attached hydrogen (secondary N) is 2. The van der Waals surface area contributed by atoms with Crippen LogP contribution in [0.25, 0.3) is 21.5 Å². The van der Waals surface area contributed by atoms with E-state index in [0.29, 0.717) is 11.4 Å². The first-order valence-corrected chi connectivity index (χ1v) is 7.95. The molecule has 0 unspecified atom stereocenters. The Morgan fingerprint density at radius 3 is 2.68 bits per heavy atom. The van der Waals surface area contributed by atoms with Crippen LogP contribution < -0.4 is 10.2 Å². The lowest BCUT2D eigenvalue weighted by molar-refractivity contribution is 0.0960. The Morgan fingerprint density at radius 1 is 1.32 bits per heavy atom. The number of hydrogen-bond donors (Lipinski definition) is 2. The number of nitrogens with zero attached hydrogens (tertiary/aromatic N) is 2. The van der Waals surface area contributed by atoms with Crippen LogP contribution in [0.15, 0.2) is 30.3 Å². The summed E-state index contributed by atoms with van der Waals surface area (Å²) in [6, 6.07) is 10.1. The summed E-state index contributed by atoms with van der Waals surface area (Å²) in [6.07, 6.45) is 0. The van der Waals surface area contributed by atoms with E-state index in [9.17, 15) is 4.79 Å². The van der Waals surface area contributed by atoms with Gasteiger partial charge in [0.05, 0.1) is 15.1 Å². The van der Waals surface area contributed by atoms with Crippen LogP contribution in [0.5, 0.6) is 0 Å². The number of aromatic nitrogens is 2. The summed E-state index contributed by atoms with van der Waals surface area (Å²) in [6.45, 7) is 2.54. The lowest BCUT2D eigenvalue weighted by Gasteiger charge is -2.12. The molecule has 0 saturated heterocycles. The number of carbonyl (C=O) groups is 1. The third-order valence-corrected chi connectivity index (χ3v) is 4.59. The second-order valence-electron chi connectivity index (χ2n) is 5.23. The zero-order chi connectivity index (χ0) is 15.7. The molecule has 1 aromatic carbocycles. The van der Waals surface area contributed by atoms with Crippen LogP contribution in [-0.4, -0.2) is 36.7 Å². The summed E-state index contributed by atoms with van der Waals surface area (Å²) >= 11 is 1.47. The minimum absolute atomic E-state index is 0.0361. The minimum atomic E-state index is -0.0361. The van der Waals surface area contributed by atoms with E-state index in [0.717, 1.165) is 27.2 Å². The number of fused-ring (bicyclic) bond motifs is 1. The number of thiophene rings is 1. The molecule has 3 rings (SSSR count). The van der Waals surface area contributed by atoms with Gasteiger partial charge in [0.15, 0.2) is 0 Å².